The van der Waals surface area contributed by atoms with Crippen LogP contribution < -0.4 is 5.32 Å². The number of rotatable bonds is 1. The number of nitrogens with zero attached hydrogens (tertiary/aromatic N) is 2. The molecule has 0 spiro atoms. The van der Waals surface area contributed by atoms with Crippen LogP contribution in [-0.2, 0) is 13.0 Å². The lowest BCUT2D eigenvalue weighted by Crippen LogP contribution is -2.29. The van der Waals surface area contributed by atoms with E-state index in [-0.39, 0.29) is 0 Å². The number of imidazole rings is 1. The van der Waals surface area contributed by atoms with Crippen molar-refractivity contribution in [3.63, 3.8) is 0 Å². The summed E-state index contributed by atoms with van der Waals surface area (Å²) in [4.78, 5) is 4.69. The monoisotopic (exact) mass is 219 g/mol. The first kappa shape index (κ1) is 10.3. The predicted molar refractivity (Wildman–Crippen MR) is 64.6 cm³/mol. The fraction of sp³-hybridized carbons (Fsp3) is 0.769. The third-order valence-electron chi connectivity index (χ3n) is 4.06. The van der Waals surface area contributed by atoms with Gasteiger partial charge in [0.1, 0.15) is 5.82 Å². The van der Waals surface area contributed by atoms with Crippen LogP contribution in [0.25, 0.3) is 0 Å². The highest BCUT2D eigenvalue weighted by molar-refractivity contribution is 5.12. The molecule has 1 saturated heterocycles. The third-order valence-corrected chi connectivity index (χ3v) is 4.06. The second-order valence-electron chi connectivity index (χ2n) is 5.39. The van der Waals surface area contributed by atoms with E-state index in [1.807, 2.05) is 0 Å². The average molecular weight is 219 g/mol. The maximum Gasteiger partial charge on any atom is 0.112 e. The summed E-state index contributed by atoms with van der Waals surface area (Å²) < 4.78 is 2.50. The highest BCUT2D eigenvalue weighted by Crippen LogP contribution is 2.29. The number of nitrogens with one attached hydrogen (secondary N) is 1. The van der Waals surface area contributed by atoms with Gasteiger partial charge in [-0.1, -0.05) is 6.92 Å². The van der Waals surface area contributed by atoms with E-state index in [2.05, 4.69) is 23.0 Å². The molecule has 2 aliphatic heterocycles. The molecule has 3 heteroatoms. The Kier molecular flexibility index (Phi) is 2.72. The Morgan fingerprint density at radius 1 is 1.31 bits per heavy atom. The summed E-state index contributed by atoms with van der Waals surface area (Å²) in [5, 5.41) is 3.43. The van der Waals surface area contributed by atoms with Gasteiger partial charge in [-0.15, -0.1) is 0 Å². The van der Waals surface area contributed by atoms with E-state index in [4.69, 9.17) is 4.98 Å². The summed E-state index contributed by atoms with van der Waals surface area (Å²) in [6.45, 7) is 5.86. The zero-order chi connectivity index (χ0) is 11.0. The molecule has 16 heavy (non-hydrogen) atoms. The maximum atomic E-state index is 4.69. The van der Waals surface area contributed by atoms with Gasteiger partial charge < -0.3 is 9.88 Å². The van der Waals surface area contributed by atoms with E-state index in [9.17, 15) is 0 Å². The lowest BCUT2D eigenvalue weighted by Gasteiger charge is -2.27. The molecule has 88 valence electrons. The Morgan fingerprint density at radius 2 is 2.12 bits per heavy atom. The van der Waals surface area contributed by atoms with Gasteiger partial charge in [-0.3, -0.25) is 0 Å². The summed E-state index contributed by atoms with van der Waals surface area (Å²) in [6.07, 6.45) is 7.18. The molecular weight excluding hydrogens is 198 g/mol. The standard InChI is InChI=1S/C13H21N3/c1-10-2-3-12-8-15-13(16(12)9-10)11-4-6-14-7-5-11/h8,10-11,14H,2-7,9H2,1H3. The minimum Gasteiger partial charge on any atom is -0.332 e. The molecular formula is C13H21N3. The van der Waals surface area contributed by atoms with Crippen molar-refractivity contribution in [3.05, 3.63) is 17.7 Å². The van der Waals surface area contributed by atoms with Gasteiger partial charge >= 0.3 is 0 Å². The first-order chi connectivity index (χ1) is 7.84. The zero-order valence-electron chi connectivity index (χ0n) is 10.1. The Morgan fingerprint density at radius 3 is 2.94 bits per heavy atom. The highest BCUT2D eigenvalue weighted by atomic mass is 15.1. The first-order valence-corrected chi connectivity index (χ1v) is 6.59. The molecule has 1 unspecified atom stereocenters. The molecule has 0 saturated carbocycles. The number of aryl methyl sites for hydroxylation is 1. The van der Waals surface area contributed by atoms with Crippen molar-refractivity contribution in [1.82, 2.24) is 14.9 Å². The van der Waals surface area contributed by atoms with Crippen LogP contribution in [0.2, 0.25) is 0 Å². The van der Waals surface area contributed by atoms with Crippen molar-refractivity contribution in [1.29, 1.82) is 0 Å². The van der Waals surface area contributed by atoms with E-state index in [0.717, 1.165) is 19.0 Å². The van der Waals surface area contributed by atoms with E-state index < -0.39 is 0 Å². The molecule has 1 atom stereocenters. The number of hydrogen-bond donors (Lipinski definition) is 1. The molecule has 3 nitrogen and oxygen atoms in total. The number of fused-ring (bicyclic) bond motifs is 1. The van der Waals surface area contributed by atoms with Gasteiger partial charge in [-0.2, -0.15) is 0 Å². The van der Waals surface area contributed by atoms with Crippen molar-refractivity contribution in [2.75, 3.05) is 13.1 Å². The molecule has 1 aromatic heterocycles. The average Bonchev–Trinajstić information content (AvgIpc) is 2.73. The van der Waals surface area contributed by atoms with Crippen molar-refractivity contribution < 1.29 is 0 Å². The van der Waals surface area contributed by atoms with E-state index in [0.29, 0.717) is 5.92 Å². The summed E-state index contributed by atoms with van der Waals surface area (Å²) >= 11 is 0. The van der Waals surface area contributed by atoms with Gasteiger partial charge in [-0.05, 0) is 44.7 Å². The van der Waals surface area contributed by atoms with Gasteiger partial charge in [0.05, 0.1) is 0 Å². The van der Waals surface area contributed by atoms with Crippen LogP contribution >= 0.6 is 0 Å². The second kappa shape index (κ2) is 4.21. The Bertz CT molecular complexity index is 363. The fourth-order valence-corrected chi connectivity index (χ4v) is 3.04. The van der Waals surface area contributed by atoms with E-state index in [1.54, 1.807) is 0 Å². The zero-order valence-corrected chi connectivity index (χ0v) is 10.1. The molecule has 3 rings (SSSR count). The minimum absolute atomic E-state index is 0.695. The van der Waals surface area contributed by atoms with Crippen LogP contribution in [0.3, 0.4) is 0 Å². The van der Waals surface area contributed by atoms with Crippen LogP contribution in [0.4, 0.5) is 0 Å². The van der Waals surface area contributed by atoms with Gasteiger partial charge in [0.25, 0.3) is 0 Å². The molecule has 0 aliphatic carbocycles. The van der Waals surface area contributed by atoms with Gasteiger partial charge in [0.15, 0.2) is 0 Å². The lowest BCUT2D eigenvalue weighted by atomic mass is 9.95. The molecule has 1 N–H and O–H groups in total. The smallest absolute Gasteiger partial charge is 0.112 e. The number of piperidine rings is 1. The largest absolute Gasteiger partial charge is 0.332 e. The van der Waals surface area contributed by atoms with Gasteiger partial charge in [0, 0.05) is 24.4 Å². The summed E-state index contributed by atoms with van der Waals surface area (Å²) in [7, 11) is 0. The van der Waals surface area contributed by atoms with Crippen LogP contribution in [0.5, 0.6) is 0 Å². The molecule has 0 aromatic carbocycles. The molecule has 1 aromatic rings. The second-order valence-corrected chi connectivity index (χ2v) is 5.39. The van der Waals surface area contributed by atoms with Crippen molar-refractivity contribution in [2.24, 2.45) is 5.92 Å². The first-order valence-electron chi connectivity index (χ1n) is 6.59. The summed E-state index contributed by atoms with van der Waals surface area (Å²) in [5.41, 5.74) is 1.46. The van der Waals surface area contributed by atoms with Gasteiger partial charge in [-0.25, -0.2) is 4.98 Å². The van der Waals surface area contributed by atoms with Crippen LogP contribution in [0, 0.1) is 5.92 Å². The molecule has 0 radical (unpaired) electrons. The molecule has 0 amide bonds. The SMILES string of the molecule is CC1CCc2cnc(C3CCNCC3)n2C1. The van der Waals surface area contributed by atoms with Crippen LogP contribution in [0.1, 0.15) is 43.6 Å². The van der Waals surface area contributed by atoms with Gasteiger partial charge in [0.2, 0.25) is 0 Å². The molecule has 1 fully saturated rings. The highest BCUT2D eigenvalue weighted by Gasteiger charge is 2.24. The van der Waals surface area contributed by atoms with Crippen LogP contribution in [0.15, 0.2) is 6.20 Å². The normalized spacial score (nSPS) is 26.7. The minimum atomic E-state index is 0.695. The molecule has 2 aliphatic rings. The Balaban J connectivity index is 1.86. The maximum absolute atomic E-state index is 4.69. The van der Waals surface area contributed by atoms with Crippen LogP contribution in [-0.4, -0.2) is 22.6 Å². The third kappa shape index (κ3) is 1.77. The van der Waals surface area contributed by atoms with E-state index in [1.165, 1.54) is 43.7 Å². The Labute approximate surface area is 97.3 Å². The van der Waals surface area contributed by atoms with Crippen molar-refractivity contribution in [3.8, 4) is 0 Å². The number of aromatic nitrogens is 2. The van der Waals surface area contributed by atoms with Crippen molar-refractivity contribution in [2.45, 2.75) is 45.1 Å². The topological polar surface area (TPSA) is 29.9 Å². The lowest BCUT2D eigenvalue weighted by molar-refractivity contribution is 0.365. The molecule has 0 bridgehead atoms. The van der Waals surface area contributed by atoms with Crippen molar-refractivity contribution >= 4 is 0 Å². The Hall–Kier alpha value is -0.830. The summed E-state index contributed by atoms with van der Waals surface area (Å²) in [6, 6.07) is 0. The fourth-order valence-electron chi connectivity index (χ4n) is 3.04. The van der Waals surface area contributed by atoms with E-state index >= 15 is 0 Å². The number of hydrogen-bond acceptors (Lipinski definition) is 2. The molecule has 3 heterocycles. The summed E-state index contributed by atoms with van der Waals surface area (Å²) in [5.74, 6) is 2.88. The predicted octanol–water partition coefficient (Wildman–Crippen LogP) is 1.93. The quantitative estimate of drug-likeness (QED) is 0.782.